The van der Waals surface area contributed by atoms with Gasteiger partial charge in [0.15, 0.2) is 0 Å². The van der Waals surface area contributed by atoms with Crippen molar-refractivity contribution in [3.8, 4) is 0 Å². The van der Waals surface area contributed by atoms with E-state index in [1.54, 1.807) is 12.0 Å². The maximum atomic E-state index is 12.1. The van der Waals surface area contributed by atoms with Crippen LogP contribution in [0.4, 0.5) is 4.79 Å². The number of methoxy groups -OCH3 is 1. The molecule has 0 aromatic rings. The Morgan fingerprint density at radius 1 is 1.32 bits per heavy atom. The van der Waals surface area contributed by atoms with Crippen LogP contribution >= 0.6 is 11.6 Å². The van der Waals surface area contributed by atoms with Crippen LogP contribution in [0.3, 0.4) is 0 Å². The third-order valence-corrected chi connectivity index (χ3v) is 3.87. The van der Waals surface area contributed by atoms with Crippen LogP contribution in [0.25, 0.3) is 0 Å². The zero-order chi connectivity index (χ0) is 16.3. The molecule has 0 saturated carbocycles. The second kappa shape index (κ2) is 6.87. The average Bonchev–Trinajstić information content (AvgIpc) is 2.45. The highest BCUT2D eigenvalue weighted by molar-refractivity contribution is 6.30. The number of nitrogens with zero attached hydrogens (tertiary/aromatic N) is 3. The molecule has 0 bridgehead atoms. The Bertz CT molecular complexity index is 477. The standard InChI is InChI=1S/C15H24ClN3O3/c1-15(2,3)22-14(20)19-9-7-18(8-10-19)11-5-6-12(16)17-13(11)21-4/h6,11H,5,7-10H2,1-4H3. The number of halogens is 1. The first-order valence-corrected chi connectivity index (χ1v) is 7.88. The van der Waals surface area contributed by atoms with Gasteiger partial charge in [-0.15, -0.1) is 0 Å². The number of aliphatic imine (C=N–C) groups is 1. The molecule has 2 rings (SSSR count). The minimum atomic E-state index is -0.463. The van der Waals surface area contributed by atoms with Gasteiger partial charge in [-0.1, -0.05) is 11.6 Å². The number of carbonyl (C=O) groups is 1. The number of hydrogen-bond donors (Lipinski definition) is 0. The van der Waals surface area contributed by atoms with E-state index in [2.05, 4.69) is 9.89 Å². The van der Waals surface area contributed by atoms with Crippen LogP contribution in [0.2, 0.25) is 0 Å². The van der Waals surface area contributed by atoms with E-state index in [4.69, 9.17) is 21.1 Å². The van der Waals surface area contributed by atoms with Crippen LogP contribution in [-0.4, -0.2) is 66.7 Å². The SMILES string of the molecule is COC1=NC(Cl)=CCC1N1CCN(C(=O)OC(C)(C)C)CC1. The van der Waals surface area contributed by atoms with Crippen LogP contribution in [0.1, 0.15) is 27.2 Å². The second-order valence-electron chi connectivity index (χ2n) is 6.44. The monoisotopic (exact) mass is 329 g/mol. The lowest BCUT2D eigenvalue weighted by Gasteiger charge is -2.39. The van der Waals surface area contributed by atoms with Crippen LogP contribution in [0, 0.1) is 0 Å². The molecule has 22 heavy (non-hydrogen) atoms. The summed E-state index contributed by atoms with van der Waals surface area (Å²) in [4.78, 5) is 20.3. The Morgan fingerprint density at radius 2 is 1.95 bits per heavy atom. The van der Waals surface area contributed by atoms with E-state index in [9.17, 15) is 4.79 Å². The molecule has 1 fully saturated rings. The van der Waals surface area contributed by atoms with E-state index in [-0.39, 0.29) is 12.1 Å². The van der Waals surface area contributed by atoms with Crippen molar-refractivity contribution in [3.63, 3.8) is 0 Å². The molecular weight excluding hydrogens is 306 g/mol. The first kappa shape index (κ1) is 17.1. The predicted molar refractivity (Wildman–Crippen MR) is 86.2 cm³/mol. The molecule has 1 atom stereocenters. The van der Waals surface area contributed by atoms with Crippen molar-refractivity contribution >= 4 is 23.6 Å². The number of rotatable bonds is 1. The number of carbonyl (C=O) groups excluding carboxylic acids is 1. The van der Waals surface area contributed by atoms with E-state index in [1.165, 1.54) is 0 Å². The lowest BCUT2D eigenvalue weighted by molar-refractivity contribution is 0.0123. The normalized spacial score (nSPS) is 23.7. The molecule has 1 unspecified atom stereocenters. The van der Waals surface area contributed by atoms with Crippen molar-refractivity contribution in [3.05, 3.63) is 11.2 Å². The molecular formula is C15H24ClN3O3. The molecule has 1 amide bonds. The lowest BCUT2D eigenvalue weighted by Crippen LogP contribution is -2.55. The molecule has 0 aromatic heterocycles. The van der Waals surface area contributed by atoms with Gasteiger partial charge in [-0.25, -0.2) is 9.79 Å². The molecule has 6 nitrogen and oxygen atoms in total. The number of hydrogen-bond acceptors (Lipinski definition) is 5. The zero-order valence-electron chi connectivity index (χ0n) is 13.6. The third kappa shape index (κ3) is 4.36. The summed E-state index contributed by atoms with van der Waals surface area (Å²) >= 11 is 5.93. The molecule has 7 heteroatoms. The molecule has 0 aromatic carbocycles. The summed E-state index contributed by atoms with van der Waals surface area (Å²) < 4.78 is 10.8. The molecule has 0 N–H and O–H groups in total. The van der Waals surface area contributed by atoms with E-state index in [0.29, 0.717) is 24.1 Å². The molecule has 124 valence electrons. The van der Waals surface area contributed by atoms with Gasteiger partial charge in [-0.2, -0.15) is 0 Å². The minimum absolute atomic E-state index is 0.0910. The maximum absolute atomic E-state index is 12.1. The van der Waals surface area contributed by atoms with Gasteiger partial charge in [-0.05, 0) is 33.3 Å². The van der Waals surface area contributed by atoms with Gasteiger partial charge < -0.3 is 14.4 Å². The Kier molecular flexibility index (Phi) is 5.34. The van der Waals surface area contributed by atoms with Crippen molar-refractivity contribution in [2.75, 3.05) is 33.3 Å². The smallest absolute Gasteiger partial charge is 0.410 e. The van der Waals surface area contributed by atoms with E-state index >= 15 is 0 Å². The number of ether oxygens (including phenoxy) is 2. The Hall–Kier alpha value is -1.27. The van der Waals surface area contributed by atoms with Gasteiger partial charge in [0, 0.05) is 26.2 Å². The average molecular weight is 330 g/mol. The van der Waals surface area contributed by atoms with Crippen molar-refractivity contribution < 1.29 is 14.3 Å². The molecule has 2 aliphatic heterocycles. The van der Waals surface area contributed by atoms with Crippen molar-refractivity contribution in [1.29, 1.82) is 0 Å². The zero-order valence-corrected chi connectivity index (χ0v) is 14.4. The van der Waals surface area contributed by atoms with Crippen LogP contribution in [0.5, 0.6) is 0 Å². The van der Waals surface area contributed by atoms with Crippen LogP contribution < -0.4 is 0 Å². The third-order valence-electron chi connectivity index (χ3n) is 3.63. The highest BCUT2D eigenvalue weighted by atomic mass is 35.5. The quantitative estimate of drug-likeness (QED) is 0.693. The molecule has 2 aliphatic rings. The van der Waals surface area contributed by atoms with Crippen molar-refractivity contribution in [2.45, 2.75) is 38.8 Å². The minimum Gasteiger partial charge on any atom is -0.483 e. The lowest BCUT2D eigenvalue weighted by atomic mass is 10.1. The second-order valence-corrected chi connectivity index (χ2v) is 6.82. The Balaban J connectivity index is 1.90. The summed E-state index contributed by atoms with van der Waals surface area (Å²) in [5.74, 6) is 0.637. The van der Waals surface area contributed by atoms with Gasteiger partial charge in [0.25, 0.3) is 0 Å². The predicted octanol–water partition coefficient (Wildman–Crippen LogP) is 2.44. The summed E-state index contributed by atoms with van der Waals surface area (Å²) in [6, 6.07) is 0.0910. The molecule has 0 radical (unpaired) electrons. The Labute approximate surface area is 136 Å². The molecule has 2 heterocycles. The highest BCUT2D eigenvalue weighted by Crippen LogP contribution is 2.21. The van der Waals surface area contributed by atoms with Gasteiger partial charge in [0.1, 0.15) is 10.8 Å². The van der Waals surface area contributed by atoms with Crippen LogP contribution in [0.15, 0.2) is 16.2 Å². The van der Waals surface area contributed by atoms with Gasteiger partial charge in [-0.3, -0.25) is 4.90 Å². The van der Waals surface area contributed by atoms with Gasteiger partial charge in [0.2, 0.25) is 5.90 Å². The maximum Gasteiger partial charge on any atom is 0.410 e. The largest absolute Gasteiger partial charge is 0.483 e. The first-order valence-electron chi connectivity index (χ1n) is 7.50. The van der Waals surface area contributed by atoms with Gasteiger partial charge >= 0.3 is 6.09 Å². The number of piperazine rings is 1. The summed E-state index contributed by atoms with van der Waals surface area (Å²) in [6.07, 6.45) is 2.42. The summed E-state index contributed by atoms with van der Waals surface area (Å²) in [5, 5.41) is 0.473. The van der Waals surface area contributed by atoms with Crippen molar-refractivity contribution in [2.24, 2.45) is 4.99 Å². The van der Waals surface area contributed by atoms with E-state index in [1.807, 2.05) is 26.8 Å². The van der Waals surface area contributed by atoms with Gasteiger partial charge in [0.05, 0.1) is 13.2 Å². The fourth-order valence-electron chi connectivity index (χ4n) is 2.56. The van der Waals surface area contributed by atoms with Crippen molar-refractivity contribution in [1.82, 2.24) is 9.80 Å². The number of amides is 1. The summed E-state index contributed by atoms with van der Waals surface area (Å²) in [6.45, 7) is 8.43. The fourth-order valence-corrected chi connectivity index (χ4v) is 2.74. The highest BCUT2D eigenvalue weighted by Gasteiger charge is 2.32. The topological polar surface area (TPSA) is 54.4 Å². The Morgan fingerprint density at radius 3 is 2.50 bits per heavy atom. The van der Waals surface area contributed by atoms with E-state index < -0.39 is 5.60 Å². The van der Waals surface area contributed by atoms with Crippen LogP contribution in [-0.2, 0) is 9.47 Å². The molecule has 0 aliphatic carbocycles. The molecule has 0 spiro atoms. The molecule has 1 saturated heterocycles. The summed E-state index contributed by atoms with van der Waals surface area (Å²) in [7, 11) is 1.61. The first-order chi connectivity index (χ1) is 10.3. The fraction of sp³-hybridized carbons (Fsp3) is 0.733. The van der Waals surface area contributed by atoms with E-state index in [0.717, 1.165) is 19.5 Å². The summed E-state index contributed by atoms with van der Waals surface area (Å²) in [5.41, 5.74) is -0.463.